The minimum absolute atomic E-state index is 0.151. The van der Waals surface area contributed by atoms with Gasteiger partial charge in [0.2, 0.25) is 0 Å². The first-order valence-corrected chi connectivity index (χ1v) is 8.67. The van der Waals surface area contributed by atoms with Crippen LogP contribution in [0, 0.1) is 0 Å². The molecule has 0 aromatic rings. The van der Waals surface area contributed by atoms with Crippen LogP contribution in [-0.2, 0) is 4.79 Å². The lowest BCUT2D eigenvalue weighted by Crippen LogP contribution is -2.43. The maximum atomic E-state index is 12.2. The Labute approximate surface area is 138 Å². The van der Waals surface area contributed by atoms with Gasteiger partial charge < -0.3 is 16.4 Å². The third-order valence-electron chi connectivity index (χ3n) is 4.83. The number of amides is 3. The molecule has 23 heavy (non-hydrogen) atoms. The molecule has 1 saturated heterocycles. The third-order valence-corrected chi connectivity index (χ3v) is 4.83. The molecule has 0 bridgehead atoms. The summed E-state index contributed by atoms with van der Waals surface area (Å²) in [6, 6.07) is 0.125. The van der Waals surface area contributed by atoms with Crippen molar-refractivity contribution in [2.24, 2.45) is 10.7 Å². The lowest BCUT2D eigenvalue weighted by atomic mass is 9.96. The van der Waals surface area contributed by atoms with Crippen molar-refractivity contribution in [3.63, 3.8) is 0 Å². The van der Waals surface area contributed by atoms with E-state index in [4.69, 9.17) is 5.73 Å². The van der Waals surface area contributed by atoms with Crippen LogP contribution in [0.25, 0.3) is 0 Å². The zero-order valence-electron chi connectivity index (χ0n) is 14.2. The van der Waals surface area contributed by atoms with Gasteiger partial charge >= 0.3 is 6.03 Å². The van der Waals surface area contributed by atoms with Gasteiger partial charge in [-0.3, -0.25) is 14.7 Å². The quantitative estimate of drug-likeness (QED) is 0.297. The normalized spacial score (nSPS) is 26.5. The van der Waals surface area contributed by atoms with E-state index in [2.05, 4.69) is 15.6 Å². The van der Waals surface area contributed by atoms with Crippen molar-refractivity contribution in [1.29, 1.82) is 0 Å². The summed E-state index contributed by atoms with van der Waals surface area (Å²) in [6.07, 6.45) is 7.29. The third kappa shape index (κ3) is 4.36. The number of rotatable bonds is 6. The van der Waals surface area contributed by atoms with E-state index in [-0.39, 0.29) is 11.9 Å². The Kier molecular flexibility index (Phi) is 5.85. The molecule has 3 amide bonds. The number of nitrogens with two attached hydrogens (primary N) is 1. The highest BCUT2D eigenvalue weighted by Crippen LogP contribution is 2.20. The van der Waals surface area contributed by atoms with Crippen LogP contribution in [0.4, 0.5) is 4.79 Å². The second-order valence-electron chi connectivity index (χ2n) is 6.67. The van der Waals surface area contributed by atoms with E-state index in [0.29, 0.717) is 37.9 Å². The second kappa shape index (κ2) is 7.66. The number of guanidine groups is 1. The molecule has 2 fully saturated rings. The average molecular weight is 323 g/mol. The monoisotopic (exact) mass is 323 g/mol. The molecule has 2 aliphatic rings. The molecule has 1 unspecified atom stereocenters. The van der Waals surface area contributed by atoms with Gasteiger partial charge in [0.1, 0.15) is 5.54 Å². The van der Waals surface area contributed by atoms with Gasteiger partial charge in [0.05, 0.1) is 0 Å². The Morgan fingerprint density at radius 2 is 2.09 bits per heavy atom. The highest BCUT2D eigenvalue weighted by Gasteiger charge is 2.45. The number of urea groups is 1. The first-order chi connectivity index (χ1) is 11.0. The fourth-order valence-electron chi connectivity index (χ4n) is 3.12. The highest BCUT2D eigenvalue weighted by molar-refractivity contribution is 6.06. The van der Waals surface area contributed by atoms with Crippen LogP contribution in [-0.4, -0.2) is 47.5 Å². The van der Waals surface area contributed by atoms with Crippen molar-refractivity contribution in [3.8, 4) is 0 Å². The number of hydrogen-bond donors (Lipinski definition) is 3. The van der Waals surface area contributed by atoms with Gasteiger partial charge in [0.25, 0.3) is 5.91 Å². The van der Waals surface area contributed by atoms with Crippen molar-refractivity contribution in [3.05, 3.63) is 0 Å². The molecule has 1 atom stereocenters. The molecule has 1 aliphatic carbocycles. The minimum Gasteiger partial charge on any atom is -0.370 e. The molecule has 2 rings (SSSR count). The summed E-state index contributed by atoms with van der Waals surface area (Å²) in [4.78, 5) is 29.7. The van der Waals surface area contributed by atoms with Gasteiger partial charge in [-0.05, 0) is 32.6 Å². The lowest BCUT2D eigenvalue weighted by Gasteiger charge is -2.23. The molecular weight excluding hydrogens is 294 g/mol. The van der Waals surface area contributed by atoms with Crippen molar-refractivity contribution < 1.29 is 9.59 Å². The number of nitrogens with one attached hydrogen (secondary N) is 2. The van der Waals surface area contributed by atoms with Crippen molar-refractivity contribution in [2.45, 2.75) is 70.4 Å². The molecule has 1 heterocycles. The number of hydrogen-bond acceptors (Lipinski definition) is 3. The van der Waals surface area contributed by atoms with Gasteiger partial charge in [-0.25, -0.2) is 4.79 Å². The van der Waals surface area contributed by atoms with Crippen LogP contribution in [0.15, 0.2) is 4.99 Å². The van der Waals surface area contributed by atoms with Crippen LogP contribution in [0.1, 0.15) is 58.8 Å². The first-order valence-electron chi connectivity index (χ1n) is 8.67. The highest BCUT2D eigenvalue weighted by atomic mass is 16.2. The van der Waals surface area contributed by atoms with Crippen LogP contribution < -0.4 is 16.4 Å². The van der Waals surface area contributed by atoms with Gasteiger partial charge in [0, 0.05) is 19.1 Å². The summed E-state index contributed by atoms with van der Waals surface area (Å²) in [7, 11) is 0. The fraction of sp³-hybridized carbons (Fsp3) is 0.812. The van der Waals surface area contributed by atoms with E-state index in [1.54, 1.807) is 6.92 Å². The summed E-state index contributed by atoms with van der Waals surface area (Å²) in [5.74, 6) is 0.315. The van der Waals surface area contributed by atoms with Gasteiger partial charge in [-0.2, -0.15) is 0 Å². The van der Waals surface area contributed by atoms with E-state index in [0.717, 1.165) is 12.8 Å². The average Bonchev–Trinajstić information content (AvgIpc) is 2.75. The summed E-state index contributed by atoms with van der Waals surface area (Å²) in [5.41, 5.74) is 5.14. The summed E-state index contributed by atoms with van der Waals surface area (Å²) in [6.45, 7) is 4.53. The second-order valence-corrected chi connectivity index (χ2v) is 6.67. The maximum absolute atomic E-state index is 12.2. The Bertz CT molecular complexity index is 473. The zero-order valence-corrected chi connectivity index (χ0v) is 14.2. The molecule has 0 aromatic heterocycles. The van der Waals surface area contributed by atoms with Crippen molar-refractivity contribution >= 4 is 17.9 Å². The van der Waals surface area contributed by atoms with Gasteiger partial charge in [0.15, 0.2) is 5.96 Å². The minimum atomic E-state index is -0.762. The molecule has 130 valence electrons. The fourth-order valence-corrected chi connectivity index (χ4v) is 3.12. The van der Waals surface area contributed by atoms with E-state index in [1.165, 1.54) is 24.2 Å². The van der Waals surface area contributed by atoms with Crippen LogP contribution in [0.3, 0.4) is 0 Å². The molecular formula is C16H29N5O2. The molecule has 0 aromatic carbocycles. The molecule has 1 saturated carbocycles. The Morgan fingerprint density at radius 3 is 2.70 bits per heavy atom. The molecule has 4 N–H and O–H groups in total. The van der Waals surface area contributed by atoms with E-state index < -0.39 is 5.54 Å². The van der Waals surface area contributed by atoms with Crippen LogP contribution in [0.5, 0.6) is 0 Å². The van der Waals surface area contributed by atoms with E-state index >= 15 is 0 Å². The largest absolute Gasteiger partial charge is 0.370 e. The summed E-state index contributed by atoms with van der Waals surface area (Å²) < 4.78 is 0. The SMILES string of the molecule is CCC1(C)NC(=O)N(CCCN=C(N)NC2CCCCC2)C1=O. The van der Waals surface area contributed by atoms with Crippen LogP contribution >= 0.6 is 0 Å². The molecule has 0 spiro atoms. The Hall–Kier alpha value is -1.79. The number of nitrogens with zero attached hydrogens (tertiary/aromatic N) is 2. The van der Waals surface area contributed by atoms with E-state index in [1.807, 2.05) is 6.92 Å². The smallest absolute Gasteiger partial charge is 0.325 e. The number of imide groups is 1. The standard InChI is InChI=1S/C16H29N5O2/c1-3-16(2)13(22)21(15(23)20-16)11-7-10-18-14(17)19-12-8-5-4-6-9-12/h12H,3-11H2,1-2H3,(H,20,23)(H3,17,18,19). The van der Waals surface area contributed by atoms with Crippen molar-refractivity contribution in [2.75, 3.05) is 13.1 Å². The predicted octanol–water partition coefficient (Wildman–Crippen LogP) is 1.33. The van der Waals surface area contributed by atoms with Crippen LogP contribution in [0.2, 0.25) is 0 Å². The van der Waals surface area contributed by atoms with E-state index in [9.17, 15) is 9.59 Å². The number of carbonyl (C=O) groups excluding carboxylic acids is 2. The predicted molar refractivity (Wildman–Crippen MR) is 90.1 cm³/mol. The molecule has 7 heteroatoms. The van der Waals surface area contributed by atoms with Crippen molar-refractivity contribution in [1.82, 2.24) is 15.5 Å². The number of carbonyl (C=O) groups is 2. The molecule has 1 aliphatic heterocycles. The molecule has 7 nitrogen and oxygen atoms in total. The maximum Gasteiger partial charge on any atom is 0.325 e. The first kappa shape index (κ1) is 17.6. The summed E-state index contributed by atoms with van der Waals surface area (Å²) >= 11 is 0. The number of aliphatic imine (C=N–C) groups is 1. The summed E-state index contributed by atoms with van der Waals surface area (Å²) in [5, 5.41) is 6.00. The Balaban J connectivity index is 1.73. The van der Waals surface area contributed by atoms with Gasteiger partial charge in [-0.1, -0.05) is 26.2 Å². The topological polar surface area (TPSA) is 99.8 Å². The Morgan fingerprint density at radius 1 is 1.39 bits per heavy atom. The lowest BCUT2D eigenvalue weighted by molar-refractivity contribution is -0.130. The molecule has 0 radical (unpaired) electrons. The zero-order chi connectivity index (χ0) is 16.9. The van der Waals surface area contributed by atoms with Gasteiger partial charge in [-0.15, -0.1) is 0 Å².